The van der Waals surface area contributed by atoms with Crippen molar-refractivity contribution in [1.29, 1.82) is 0 Å². The van der Waals surface area contributed by atoms with Crippen molar-refractivity contribution in [3.63, 3.8) is 0 Å². The van der Waals surface area contributed by atoms with Crippen LogP contribution in [0.1, 0.15) is 43.1 Å². The first-order valence-electron chi connectivity index (χ1n) is 8.78. The molecule has 2 aromatic heterocycles. The molecule has 1 aliphatic rings. The number of urea groups is 1. The van der Waals surface area contributed by atoms with E-state index < -0.39 is 0 Å². The number of aromatic nitrogens is 3. The molecule has 3 N–H and O–H groups in total. The monoisotopic (exact) mass is 342 g/mol. The van der Waals surface area contributed by atoms with Gasteiger partial charge in [0.1, 0.15) is 5.82 Å². The van der Waals surface area contributed by atoms with Gasteiger partial charge < -0.3 is 15.5 Å². The van der Waals surface area contributed by atoms with Crippen molar-refractivity contribution in [2.45, 2.75) is 53.0 Å². The van der Waals surface area contributed by atoms with Gasteiger partial charge in [0, 0.05) is 12.6 Å². The van der Waals surface area contributed by atoms with E-state index in [1.54, 1.807) is 6.20 Å². The maximum Gasteiger partial charge on any atom is 0.323 e. The van der Waals surface area contributed by atoms with Crippen LogP contribution in [0.15, 0.2) is 12.3 Å². The molecular formula is C18H26N6O. The molecule has 2 amide bonds. The SMILES string of the molecule is Cc1cc(NC(=O)Nc2c(C)n[nH]c2C)cnc1N1CCCC[C@H]1C. The average molecular weight is 342 g/mol. The number of piperidine rings is 1. The normalized spacial score (nSPS) is 17.4. The highest BCUT2D eigenvalue weighted by Crippen LogP contribution is 2.27. The van der Waals surface area contributed by atoms with Gasteiger partial charge in [-0.05, 0) is 58.6 Å². The molecule has 0 aromatic carbocycles. The molecule has 0 aliphatic carbocycles. The zero-order valence-electron chi connectivity index (χ0n) is 15.3. The molecule has 0 saturated carbocycles. The van der Waals surface area contributed by atoms with Crippen LogP contribution >= 0.6 is 0 Å². The predicted octanol–water partition coefficient (Wildman–Crippen LogP) is 3.75. The van der Waals surface area contributed by atoms with Crippen molar-refractivity contribution < 1.29 is 4.79 Å². The molecule has 0 spiro atoms. The van der Waals surface area contributed by atoms with Crippen molar-refractivity contribution in [1.82, 2.24) is 15.2 Å². The van der Waals surface area contributed by atoms with Crippen LogP contribution in [-0.2, 0) is 0 Å². The van der Waals surface area contributed by atoms with Gasteiger partial charge >= 0.3 is 6.03 Å². The molecular weight excluding hydrogens is 316 g/mol. The van der Waals surface area contributed by atoms with Crippen molar-refractivity contribution >= 4 is 23.2 Å². The number of carbonyl (C=O) groups excluding carboxylic acids is 1. The lowest BCUT2D eigenvalue weighted by atomic mass is 10.0. The van der Waals surface area contributed by atoms with Crippen LogP contribution in [-0.4, -0.2) is 33.8 Å². The van der Waals surface area contributed by atoms with Crippen LogP contribution in [0.4, 0.5) is 22.0 Å². The Morgan fingerprint density at radius 3 is 2.72 bits per heavy atom. The van der Waals surface area contributed by atoms with E-state index in [2.05, 4.69) is 37.6 Å². The number of carbonyl (C=O) groups is 1. The minimum absolute atomic E-state index is 0.298. The molecule has 0 radical (unpaired) electrons. The second-order valence-electron chi connectivity index (χ2n) is 6.79. The first-order chi connectivity index (χ1) is 12.0. The molecule has 134 valence electrons. The fraction of sp³-hybridized carbons (Fsp3) is 0.500. The molecule has 1 atom stereocenters. The minimum atomic E-state index is -0.298. The molecule has 25 heavy (non-hydrogen) atoms. The lowest BCUT2D eigenvalue weighted by molar-refractivity contribution is 0.262. The lowest BCUT2D eigenvalue weighted by Crippen LogP contribution is -2.38. The Balaban J connectivity index is 1.69. The Labute approximate surface area is 148 Å². The summed E-state index contributed by atoms with van der Waals surface area (Å²) in [5.74, 6) is 1.01. The first-order valence-corrected chi connectivity index (χ1v) is 8.78. The van der Waals surface area contributed by atoms with Crippen LogP contribution in [0.2, 0.25) is 0 Å². The van der Waals surface area contributed by atoms with Crippen LogP contribution in [0.3, 0.4) is 0 Å². The summed E-state index contributed by atoms with van der Waals surface area (Å²) in [5, 5.41) is 12.6. The molecule has 1 aliphatic heterocycles. The van der Waals surface area contributed by atoms with E-state index in [4.69, 9.17) is 0 Å². The van der Waals surface area contributed by atoms with Gasteiger partial charge in [0.05, 0.1) is 29.0 Å². The molecule has 1 saturated heterocycles. The smallest absolute Gasteiger partial charge is 0.323 e. The van der Waals surface area contributed by atoms with Gasteiger partial charge in [-0.2, -0.15) is 5.10 Å². The molecule has 7 heteroatoms. The number of H-pyrrole nitrogens is 1. The molecule has 3 rings (SSSR count). The molecule has 1 fully saturated rings. The summed E-state index contributed by atoms with van der Waals surface area (Å²) in [4.78, 5) is 19.2. The van der Waals surface area contributed by atoms with Gasteiger partial charge in [-0.15, -0.1) is 0 Å². The summed E-state index contributed by atoms with van der Waals surface area (Å²) in [5.41, 5.74) is 4.05. The number of amides is 2. The van der Waals surface area contributed by atoms with Gasteiger partial charge in [-0.25, -0.2) is 9.78 Å². The lowest BCUT2D eigenvalue weighted by Gasteiger charge is -2.35. The number of nitrogens with zero attached hydrogens (tertiary/aromatic N) is 3. The van der Waals surface area contributed by atoms with Crippen molar-refractivity contribution in [3.05, 3.63) is 29.2 Å². The van der Waals surface area contributed by atoms with Crippen LogP contribution in [0, 0.1) is 20.8 Å². The Morgan fingerprint density at radius 1 is 1.28 bits per heavy atom. The summed E-state index contributed by atoms with van der Waals surface area (Å²) in [6.45, 7) is 9.04. The second-order valence-corrected chi connectivity index (χ2v) is 6.79. The summed E-state index contributed by atoms with van der Waals surface area (Å²) in [6.07, 6.45) is 5.41. The largest absolute Gasteiger partial charge is 0.354 e. The zero-order valence-corrected chi connectivity index (χ0v) is 15.3. The molecule has 0 bridgehead atoms. The fourth-order valence-electron chi connectivity index (χ4n) is 3.36. The van der Waals surface area contributed by atoms with Crippen LogP contribution in [0.25, 0.3) is 0 Å². The number of anilines is 3. The van der Waals surface area contributed by atoms with Gasteiger partial charge in [0.25, 0.3) is 0 Å². The van der Waals surface area contributed by atoms with E-state index in [-0.39, 0.29) is 6.03 Å². The van der Waals surface area contributed by atoms with Crippen molar-refractivity contribution in [2.24, 2.45) is 0 Å². The topological polar surface area (TPSA) is 85.9 Å². The Morgan fingerprint density at radius 2 is 2.08 bits per heavy atom. The van der Waals surface area contributed by atoms with Gasteiger partial charge in [-0.1, -0.05) is 0 Å². The minimum Gasteiger partial charge on any atom is -0.354 e. The van der Waals surface area contributed by atoms with Gasteiger partial charge in [-0.3, -0.25) is 5.10 Å². The summed E-state index contributed by atoms with van der Waals surface area (Å²) >= 11 is 0. The Hall–Kier alpha value is -2.57. The number of pyridine rings is 1. The number of aromatic amines is 1. The van der Waals surface area contributed by atoms with Crippen LogP contribution < -0.4 is 15.5 Å². The average Bonchev–Trinajstić information content (AvgIpc) is 2.88. The number of aryl methyl sites for hydroxylation is 3. The van der Waals surface area contributed by atoms with Crippen molar-refractivity contribution in [2.75, 3.05) is 22.1 Å². The van der Waals surface area contributed by atoms with Gasteiger partial charge in [0.2, 0.25) is 0 Å². The molecule has 3 heterocycles. The van der Waals surface area contributed by atoms with E-state index in [9.17, 15) is 4.79 Å². The molecule has 2 aromatic rings. The highest BCUT2D eigenvalue weighted by atomic mass is 16.2. The Bertz CT molecular complexity index is 749. The quantitative estimate of drug-likeness (QED) is 0.793. The third-order valence-electron chi connectivity index (χ3n) is 4.75. The van der Waals surface area contributed by atoms with E-state index in [1.807, 2.05) is 26.8 Å². The van der Waals surface area contributed by atoms with Crippen molar-refractivity contribution in [3.8, 4) is 0 Å². The third-order valence-corrected chi connectivity index (χ3v) is 4.75. The van der Waals surface area contributed by atoms with E-state index in [1.165, 1.54) is 19.3 Å². The molecule has 7 nitrogen and oxygen atoms in total. The zero-order chi connectivity index (χ0) is 18.0. The van der Waals surface area contributed by atoms with E-state index >= 15 is 0 Å². The highest BCUT2D eigenvalue weighted by Gasteiger charge is 2.21. The molecule has 0 unspecified atom stereocenters. The maximum absolute atomic E-state index is 12.2. The third kappa shape index (κ3) is 3.75. The summed E-state index contributed by atoms with van der Waals surface area (Å²) in [7, 11) is 0. The van der Waals surface area contributed by atoms with Gasteiger partial charge in [0.15, 0.2) is 0 Å². The summed E-state index contributed by atoms with van der Waals surface area (Å²) in [6, 6.07) is 2.18. The number of hydrogen-bond acceptors (Lipinski definition) is 4. The number of rotatable bonds is 3. The summed E-state index contributed by atoms with van der Waals surface area (Å²) < 4.78 is 0. The number of hydrogen-bond donors (Lipinski definition) is 3. The first kappa shape index (κ1) is 17.3. The fourth-order valence-corrected chi connectivity index (χ4v) is 3.36. The predicted molar refractivity (Wildman–Crippen MR) is 100 cm³/mol. The second kappa shape index (κ2) is 7.13. The standard InChI is InChI=1S/C18H26N6O/c1-11-9-15(10-19-17(11)24-8-6-5-7-12(24)2)20-18(25)21-16-13(3)22-23-14(16)4/h9-10,12H,5-8H2,1-4H3,(H,22,23)(H2,20,21,25)/t12-/m1/s1. The van der Waals surface area contributed by atoms with Crippen LogP contribution in [0.5, 0.6) is 0 Å². The van der Waals surface area contributed by atoms with E-state index in [0.29, 0.717) is 17.4 Å². The maximum atomic E-state index is 12.2. The van der Waals surface area contributed by atoms with E-state index in [0.717, 1.165) is 29.3 Å². The highest BCUT2D eigenvalue weighted by molar-refractivity contribution is 6.00. The Kier molecular flexibility index (Phi) is 4.92. The number of nitrogens with one attached hydrogen (secondary N) is 3.